The van der Waals surface area contributed by atoms with E-state index in [1.54, 1.807) is 6.07 Å². The van der Waals surface area contributed by atoms with Crippen LogP contribution in [0.1, 0.15) is 51.8 Å². The number of hydrogen-bond acceptors (Lipinski definition) is 6. The lowest BCUT2D eigenvalue weighted by molar-refractivity contribution is 0.00452. The van der Waals surface area contributed by atoms with Crippen LogP contribution in [-0.2, 0) is 17.7 Å². The monoisotopic (exact) mass is 496 g/mol. The highest BCUT2D eigenvalue weighted by Crippen LogP contribution is 2.36. The van der Waals surface area contributed by atoms with Gasteiger partial charge in [-0.1, -0.05) is 36.4 Å². The molecule has 8 nitrogen and oxygen atoms in total. The fraction of sp³-hybridized carbons (Fsp3) is 0.345. The van der Waals surface area contributed by atoms with Crippen LogP contribution in [0.2, 0.25) is 0 Å². The molecule has 1 fully saturated rings. The van der Waals surface area contributed by atoms with Gasteiger partial charge in [0.2, 0.25) is 11.9 Å². The van der Waals surface area contributed by atoms with Crippen molar-refractivity contribution in [3.8, 4) is 5.95 Å². The van der Waals surface area contributed by atoms with E-state index in [9.17, 15) is 4.79 Å². The van der Waals surface area contributed by atoms with E-state index in [2.05, 4.69) is 22.8 Å². The molecule has 3 heterocycles. The van der Waals surface area contributed by atoms with Gasteiger partial charge in [0.15, 0.2) is 0 Å². The van der Waals surface area contributed by atoms with Gasteiger partial charge >= 0.3 is 0 Å². The third kappa shape index (κ3) is 4.58. The standard InChI is InChI=1S/C29H32N6O2/c1-18-13-23-21(27(30)36)9-5-11-24(23)35(18)29-33-26-22(10-6-12-25(26)37-17-20-14-31-15-20)28(34-29)32-16-19-7-3-2-4-8-19/h2-5,7-9,11,13,20,25,31H,6,10,12,14-17H2,1H3,(H2,30,36)(H,32,33,34)/t25-/m0/s1. The molecule has 0 spiro atoms. The Kier molecular flexibility index (Phi) is 6.36. The fourth-order valence-corrected chi connectivity index (χ4v) is 5.35. The third-order valence-electron chi connectivity index (χ3n) is 7.42. The van der Waals surface area contributed by atoms with Crippen molar-refractivity contribution in [3.05, 3.63) is 82.7 Å². The maximum absolute atomic E-state index is 12.1. The van der Waals surface area contributed by atoms with Gasteiger partial charge in [-0.3, -0.25) is 9.36 Å². The summed E-state index contributed by atoms with van der Waals surface area (Å²) in [6, 6.07) is 17.9. The number of rotatable bonds is 8. The van der Waals surface area contributed by atoms with E-state index in [0.717, 1.165) is 72.6 Å². The summed E-state index contributed by atoms with van der Waals surface area (Å²) in [6.07, 6.45) is 2.83. The van der Waals surface area contributed by atoms with E-state index in [1.165, 1.54) is 5.56 Å². The average Bonchev–Trinajstić information content (AvgIpc) is 3.22. The first-order valence-corrected chi connectivity index (χ1v) is 13.0. The second kappa shape index (κ2) is 9.95. The molecular weight excluding hydrogens is 464 g/mol. The SMILES string of the molecule is Cc1cc2c(C(N)=O)cccc2n1-c1nc(NCc2ccccc2)c2c(n1)[C@@H](OCC1CNC1)CCC2. The van der Waals surface area contributed by atoms with Gasteiger partial charge in [-0.05, 0) is 49.9 Å². The number of nitrogens with one attached hydrogen (secondary N) is 2. The molecule has 2 aliphatic rings. The van der Waals surface area contributed by atoms with Crippen molar-refractivity contribution in [2.24, 2.45) is 11.7 Å². The molecule has 1 amide bonds. The predicted molar refractivity (Wildman–Crippen MR) is 144 cm³/mol. The minimum Gasteiger partial charge on any atom is -0.372 e. The molecule has 0 radical (unpaired) electrons. The number of nitrogens with two attached hydrogens (primary N) is 1. The van der Waals surface area contributed by atoms with E-state index in [1.807, 2.05) is 47.9 Å². The molecule has 1 saturated heterocycles. The van der Waals surface area contributed by atoms with Gasteiger partial charge < -0.3 is 21.1 Å². The Morgan fingerprint density at radius 3 is 2.76 bits per heavy atom. The number of aryl methyl sites for hydroxylation is 1. The van der Waals surface area contributed by atoms with Crippen LogP contribution < -0.4 is 16.4 Å². The highest BCUT2D eigenvalue weighted by atomic mass is 16.5. The lowest BCUT2D eigenvalue weighted by Crippen LogP contribution is -2.44. The molecule has 37 heavy (non-hydrogen) atoms. The van der Waals surface area contributed by atoms with Gasteiger partial charge in [0, 0.05) is 47.8 Å². The van der Waals surface area contributed by atoms with Crippen molar-refractivity contribution in [3.63, 3.8) is 0 Å². The summed E-state index contributed by atoms with van der Waals surface area (Å²) in [5, 5.41) is 7.72. The molecule has 1 atom stereocenters. The largest absolute Gasteiger partial charge is 0.372 e. The summed E-state index contributed by atoms with van der Waals surface area (Å²) in [5.41, 5.74) is 11.2. The molecule has 1 aliphatic carbocycles. The number of anilines is 1. The normalized spacial score (nSPS) is 17.4. The van der Waals surface area contributed by atoms with E-state index in [4.69, 9.17) is 20.4 Å². The minimum atomic E-state index is -0.446. The lowest BCUT2D eigenvalue weighted by atomic mass is 9.93. The Balaban J connectivity index is 1.44. The maximum atomic E-state index is 12.1. The number of aromatic nitrogens is 3. The molecule has 0 saturated carbocycles. The van der Waals surface area contributed by atoms with Crippen LogP contribution in [0, 0.1) is 12.8 Å². The Labute approximate surface area is 216 Å². The Hall–Kier alpha value is -3.75. The summed E-state index contributed by atoms with van der Waals surface area (Å²) >= 11 is 0. The number of amides is 1. The van der Waals surface area contributed by atoms with E-state index < -0.39 is 5.91 Å². The van der Waals surface area contributed by atoms with Crippen molar-refractivity contribution in [2.45, 2.75) is 38.8 Å². The molecule has 190 valence electrons. The van der Waals surface area contributed by atoms with Crippen LogP contribution in [0.5, 0.6) is 0 Å². The quantitative estimate of drug-likeness (QED) is 0.340. The van der Waals surface area contributed by atoms with Crippen molar-refractivity contribution in [2.75, 3.05) is 25.0 Å². The fourth-order valence-electron chi connectivity index (χ4n) is 5.35. The second-order valence-electron chi connectivity index (χ2n) is 10.0. The molecule has 2 aromatic heterocycles. The minimum absolute atomic E-state index is 0.0633. The molecule has 0 bridgehead atoms. The number of nitrogens with zero attached hydrogens (tertiary/aromatic N) is 3. The molecule has 0 unspecified atom stereocenters. The molecule has 4 aromatic rings. The number of ether oxygens (including phenoxy) is 1. The third-order valence-corrected chi connectivity index (χ3v) is 7.42. The highest BCUT2D eigenvalue weighted by molar-refractivity contribution is 6.06. The zero-order valence-electron chi connectivity index (χ0n) is 21.0. The number of primary amides is 1. The molecule has 1 aliphatic heterocycles. The average molecular weight is 497 g/mol. The van der Waals surface area contributed by atoms with Crippen LogP contribution >= 0.6 is 0 Å². The van der Waals surface area contributed by atoms with Crippen LogP contribution in [0.25, 0.3) is 16.9 Å². The highest BCUT2D eigenvalue weighted by Gasteiger charge is 2.29. The summed E-state index contributed by atoms with van der Waals surface area (Å²) in [5.74, 6) is 1.53. The van der Waals surface area contributed by atoms with Gasteiger partial charge in [0.1, 0.15) is 11.9 Å². The van der Waals surface area contributed by atoms with Crippen molar-refractivity contribution in [1.82, 2.24) is 19.9 Å². The maximum Gasteiger partial charge on any atom is 0.249 e. The van der Waals surface area contributed by atoms with Crippen LogP contribution in [-0.4, -0.2) is 40.1 Å². The van der Waals surface area contributed by atoms with Gasteiger partial charge in [0.25, 0.3) is 0 Å². The summed E-state index contributed by atoms with van der Waals surface area (Å²) < 4.78 is 8.45. The Bertz CT molecular complexity index is 1440. The summed E-state index contributed by atoms with van der Waals surface area (Å²) in [7, 11) is 0. The predicted octanol–water partition coefficient (Wildman–Crippen LogP) is 4.05. The number of benzene rings is 2. The van der Waals surface area contributed by atoms with Gasteiger partial charge in [-0.25, -0.2) is 4.98 Å². The first-order chi connectivity index (χ1) is 18.1. The topological polar surface area (TPSA) is 107 Å². The van der Waals surface area contributed by atoms with Gasteiger partial charge in [0.05, 0.1) is 17.8 Å². The Morgan fingerprint density at radius 1 is 1.16 bits per heavy atom. The number of carbonyl (C=O) groups is 1. The van der Waals surface area contributed by atoms with E-state index in [-0.39, 0.29) is 6.10 Å². The molecule has 2 aromatic carbocycles. The van der Waals surface area contributed by atoms with Crippen LogP contribution in [0.4, 0.5) is 5.82 Å². The second-order valence-corrected chi connectivity index (χ2v) is 10.0. The van der Waals surface area contributed by atoms with Crippen LogP contribution in [0.3, 0.4) is 0 Å². The van der Waals surface area contributed by atoms with Gasteiger partial charge in [-0.15, -0.1) is 0 Å². The van der Waals surface area contributed by atoms with Crippen molar-refractivity contribution in [1.29, 1.82) is 0 Å². The zero-order chi connectivity index (χ0) is 25.4. The lowest BCUT2D eigenvalue weighted by Gasteiger charge is -2.31. The zero-order valence-corrected chi connectivity index (χ0v) is 21.0. The first-order valence-electron chi connectivity index (χ1n) is 13.0. The number of fused-ring (bicyclic) bond motifs is 2. The van der Waals surface area contributed by atoms with E-state index >= 15 is 0 Å². The van der Waals surface area contributed by atoms with Crippen LogP contribution in [0.15, 0.2) is 54.6 Å². The van der Waals surface area contributed by atoms with Crippen molar-refractivity contribution >= 4 is 22.6 Å². The number of hydrogen-bond donors (Lipinski definition) is 3. The molecular formula is C29H32N6O2. The first kappa shape index (κ1) is 23.6. The molecule has 4 N–H and O–H groups in total. The number of carbonyl (C=O) groups excluding carboxylic acids is 1. The summed E-state index contributed by atoms with van der Waals surface area (Å²) in [6.45, 7) is 5.42. The Morgan fingerprint density at radius 2 is 2.00 bits per heavy atom. The van der Waals surface area contributed by atoms with Gasteiger partial charge in [-0.2, -0.15) is 4.98 Å². The van der Waals surface area contributed by atoms with Crippen molar-refractivity contribution < 1.29 is 9.53 Å². The molecule has 8 heteroatoms. The van der Waals surface area contributed by atoms with E-state index in [0.29, 0.717) is 24.0 Å². The smallest absolute Gasteiger partial charge is 0.249 e. The summed E-state index contributed by atoms with van der Waals surface area (Å²) in [4.78, 5) is 22.2. The molecule has 6 rings (SSSR count).